The van der Waals surface area contributed by atoms with Crippen molar-refractivity contribution in [1.82, 2.24) is 5.32 Å². The molecule has 0 aromatic heterocycles. The van der Waals surface area contributed by atoms with E-state index in [9.17, 15) is 13.2 Å². The van der Waals surface area contributed by atoms with Crippen molar-refractivity contribution in [3.8, 4) is 0 Å². The van der Waals surface area contributed by atoms with Gasteiger partial charge in [0.1, 0.15) is 0 Å². The second-order valence-corrected chi connectivity index (χ2v) is 11.4. The lowest BCUT2D eigenvalue weighted by atomic mass is 10.2. The third-order valence-electron chi connectivity index (χ3n) is 4.07. The zero-order valence-corrected chi connectivity index (χ0v) is 18.7. The van der Waals surface area contributed by atoms with Crippen LogP contribution >= 0.6 is 11.8 Å². The molecular weight excluding hydrogens is 392 g/mol. The average Bonchev–Trinajstić information content (AvgIpc) is 2.64. The largest absolute Gasteiger partial charge is 0.351 e. The molecule has 0 atom stereocenters. The van der Waals surface area contributed by atoms with E-state index in [0.29, 0.717) is 17.8 Å². The molecule has 0 bridgehead atoms. The van der Waals surface area contributed by atoms with Crippen molar-refractivity contribution in [2.75, 3.05) is 23.7 Å². The molecule has 0 saturated carbocycles. The van der Waals surface area contributed by atoms with E-state index in [0.717, 1.165) is 11.3 Å². The highest BCUT2D eigenvalue weighted by Gasteiger charge is 2.22. The number of nitrogens with one attached hydrogen (secondary N) is 1. The van der Waals surface area contributed by atoms with Gasteiger partial charge in [0.15, 0.2) is 0 Å². The summed E-state index contributed by atoms with van der Waals surface area (Å²) in [5, 5.41) is 2.85. The summed E-state index contributed by atoms with van der Waals surface area (Å²) in [6.07, 6.45) is 0. The normalized spacial score (nSPS) is 11.9. The molecule has 0 spiro atoms. The lowest BCUT2D eigenvalue weighted by Gasteiger charge is -2.20. The third-order valence-corrected chi connectivity index (χ3v) is 7.13. The topological polar surface area (TPSA) is 66.5 Å². The van der Waals surface area contributed by atoms with Crippen molar-refractivity contribution in [2.24, 2.45) is 0 Å². The van der Waals surface area contributed by atoms with E-state index < -0.39 is 10.0 Å². The first-order valence-corrected chi connectivity index (χ1v) is 11.5. The molecule has 0 radical (unpaired) electrons. The summed E-state index contributed by atoms with van der Waals surface area (Å²) in [6.45, 7) is 8.84. The highest BCUT2D eigenvalue weighted by molar-refractivity contribution is 8.00. The van der Waals surface area contributed by atoms with Gasteiger partial charge in [-0.05, 0) is 37.3 Å². The molecular formula is C21H28N2O3S2. The number of carbonyl (C=O) groups is 1. The quantitative estimate of drug-likeness (QED) is 0.686. The fourth-order valence-corrected chi connectivity index (χ4v) is 4.53. The van der Waals surface area contributed by atoms with Crippen LogP contribution in [0.25, 0.3) is 0 Å². The number of hydrogen-bond acceptors (Lipinski definition) is 4. The summed E-state index contributed by atoms with van der Waals surface area (Å²) in [4.78, 5) is 12.5. The minimum atomic E-state index is -3.76. The first kappa shape index (κ1) is 22.3. The third kappa shape index (κ3) is 6.01. The Hall–Kier alpha value is -1.99. The maximum absolute atomic E-state index is 13.0. The number of amides is 1. The van der Waals surface area contributed by atoms with Crippen LogP contribution in [-0.4, -0.2) is 38.4 Å². The minimum Gasteiger partial charge on any atom is -0.351 e. The molecule has 0 aliphatic rings. The Morgan fingerprint density at radius 1 is 1.11 bits per heavy atom. The van der Waals surface area contributed by atoms with Crippen LogP contribution in [0.2, 0.25) is 0 Å². The van der Waals surface area contributed by atoms with Crippen LogP contribution in [0.4, 0.5) is 5.69 Å². The lowest BCUT2D eigenvalue weighted by Crippen LogP contribution is -2.28. The van der Waals surface area contributed by atoms with Gasteiger partial charge in [-0.25, -0.2) is 8.42 Å². The Kier molecular flexibility index (Phi) is 7.17. The van der Waals surface area contributed by atoms with Crippen molar-refractivity contribution < 1.29 is 13.2 Å². The minimum absolute atomic E-state index is 0.0901. The van der Waals surface area contributed by atoms with Gasteiger partial charge in [0.2, 0.25) is 0 Å². The van der Waals surface area contributed by atoms with Gasteiger partial charge in [-0.2, -0.15) is 11.8 Å². The van der Waals surface area contributed by atoms with Gasteiger partial charge in [-0.15, -0.1) is 0 Å². The van der Waals surface area contributed by atoms with E-state index in [4.69, 9.17) is 0 Å². The Bertz CT molecular complexity index is 917. The molecule has 0 aliphatic carbocycles. The van der Waals surface area contributed by atoms with Gasteiger partial charge in [0, 0.05) is 29.7 Å². The van der Waals surface area contributed by atoms with Crippen LogP contribution in [0.15, 0.2) is 53.4 Å². The number of carbonyl (C=O) groups excluding carboxylic acids is 1. The van der Waals surface area contributed by atoms with Gasteiger partial charge >= 0.3 is 0 Å². The van der Waals surface area contributed by atoms with E-state index in [1.165, 1.54) is 23.5 Å². The highest BCUT2D eigenvalue weighted by Crippen LogP contribution is 2.24. The predicted molar refractivity (Wildman–Crippen MR) is 118 cm³/mol. The molecule has 0 fully saturated rings. The Morgan fingerprint density at radius 2 is 1.75 bits per heavy atom. The average molecular weight is 421 g/mol. The second kappa shape index (κ2) is 9.01. The number of sulfonamides is 1. The lowest BCUT2D eigenvalue weighted by molar-refractivity contribution is 0.0956. The number of anilines is 1. The van der Waals surface area contributed by atoms with Crippen LogP contribution in [0.3, 0.4) is 0 Å². The smallest absolute Gasteiger partial charge is 0.264 e. The Labute approximate surface area is 172 Å². The van der Waals surface area contributed by atoms with Crippen molar-refractivity contribution >= 4 is 33.4 Å². The number of rotatable bonds is 7. The van der Waals surface area contributed by atoms with E-state index in [1.807, 2.05) is 19.1 Å². The Balaban J connectivity index is 2.12. The number of thioether (sulfide) groups is 1. The molecule has 0 unspecified atom stereocenters. The van der Waals surface area contributed by atoms with Gasteiger partial charge in [0.25, 0.3) is 15.9 Å². The number of nitrogens with zero attached hydrogens (tertiary/aromatic N) is 1. The second-order valence-electron chi connectivity index (χ2n) is 7.55. The van der Waals surface area contributed by atoms with E-state index >= 15 is 0 Å². The summed E-state index contributed by atoms with van der Waals surface area (Å²) in [7, 11) is -2.25. The Morgan fingerprint density at radius 3 is 2.36 bits per heavy atom. The molecule has 0 heterocycles. The van der Waals surface area contributed by atoms with Crippen LogP contribution in [-0.2, 0) is 10.0 Å². The SMILES string of the molecule is Cc1ccc(N(C)S(=O)(=O)c2cccc(C(=O)NCCSC(C)(C)C)c2)cc1. The zero-order valence-electron chi connectivity index (χ0n) is 17.0. The van der Waals surface area contributed by atoms with Crippen molar-refractivity contribution in [2.45, 2.75) is 37.3 Å². The summed E-state index contributed by atoms with van der Waals surface area (Å²) >= 11 is 1.76. The van der Waals surface area contributed by atoms with E-state index in [-0.39, 0.29) is 15.5 Å². The van der Waals surface area contributed by atoms with Crippen LogP contribution in [0.1, 0.15) is 36.7 Å². The first-order valence-electron chi connectivity index (χ1n) is 9.08. The van der Waals surface area contributed by atoms with Crippen LogP contribution in [0.5, 0.6) is 0 Å². The van der Waals surface area contributed by atoms with Gasteiger partial charge in [0.05, 0.1) is 10.6 Å². The van der Waals surface area contributed by atoms with Gasteiger partial charge in [-0.3, -0.25) is 9.10 Å². The molecule has 1 amide bonds. The monoisotopic (exact) mass is 420 g/mol. The van der Waals surface area contributed by atoms with Crippen molar-refractivity contribution in [3.05, 3.63) is 59.7 Å². The number of aryl methyl sites for hydroxylation is 1. The summed E-state index contributed by atoms with van der Waals surface area (Å²) < 4.78 is 27.3. The van der Waals surface area contributed by atoms with Crippen molar-refractivity contribution in [1.29, 1.82) is 0 Å². The molecule has 28 heavy (non-hydrogen) atoms. The summed E-state index contributed by atoms with van der Waals surface area (Å²) in [5.74, 6) is 0.521. The molecule has 2 rings (SSSR count). The maximum Gasteiger partial charge on any atom is 0.264 e. The van der Waals surface area contributed by atoms with Crippen LogP contribution < -0.4 is 9.62 Å². The molecule has 2 aromatic rings. The number of benzene rings is 2. The molecule has 0 saturated heterocycles. The standard InChI is InChI=1S/C21H28N2O3S2/c1-16-9-11-18(12-10-16)23(5)28(25,26)19-8-6-7-17(15-19)20(24)22-13-14-27-21(2,3)4/h6-12,15H,13-14H2,1-5H3,(H,22,24). The fraction of sp³-hybridized carbons (Fsp3) is 0.381. The summed E-state index contributed by atoms with van der Waals surface area (Å²) in [6, 6.07) is 13.4. The molecule has 0 aliphatic heterocycles. The van der Waals surface area contributed by atoms with Crippen molar-refractivity contribution in [3.63, 3.8) is 0 Å². The molecule has 7 heteroatoms. The molecule has 152 valence electrons. The number of hydrogen-bond donors (Lipinski definition) is 1. The predicted octanol–water partition coefficient (Wildman–Crippen LogP) is 4.08. The van der Waals surface area contributed by atoms with Gasteiger partial charge in [-0.1, -0.05) is 44.5 Å². The van der Waals surface area contributed by atoms with Crippen LogP contribution in [0, 0.1) is 6.92 Å². The first-order chi connectivity index (χ1) is 13.0. The molecule has 1 N–H and O–H groups in total. The summed E-state index contributed by atoms with van der Waals surface area (Å²) in [5.41, 5.74) is 1.96. The van der Waals surface area contributed by atoms with E-state index in [1.54, 1.807) is 36.0 Å². The van der Waals surface area contributed by atoms with E-state index in [2.05, 4.69) is 26.1 Å². The molecule has 2 aromatic carbocycles. The fourth-order valence-electron chi connectivity index (χ4n) is 2.47. The highest BCUT2D eigenvalue weighted by atomic mass is 32.2. The molecule has 5 nitrogen and oxygen atoms in total. The zero-order chi connectivity index (χ0) is 20.9. The maximum atomic E-state index is 13.0. The van der Waals surface area contributed by atoms with Gasteiger partial charge < -0.3 is 5.32 Å².